The van der Waals surface area contributed by atoms with Crippen molar-refractivity contribution >= 4 is 6.16 Å². The average molecular weight is 357 g/mol. The fraction of sp³-hybridized carbons (Fsp3) is 0.294. The molecule has 1 aromatic carbocycles. The topological polar surface area (TPSA) is 84.1 Å². The molecule has 4 rings (SSSR count). The van der Waals surface area contributed by atoms with Gasteiger partial charge in [0, 0.05) is 5.56 Å². The molecule has 0 radical (unpaired) electrons. The zero-order valence-corrected chi connectivity index (χ0v) is 14.4. The van der Waals surface area contributed by atoms with E-state index in [-0.39, 0.29) is 18.2 Å². The van der Waals surface area contributed by atoms with Gasteiger partial charge in [-0.1, -0.05) is 0 Å². The van der Waals surface area contributed by atoms with E-state index in [1.165, 1.54) is 24.8 Å². The Labute approximate surface area is 148 Å². The summed E-state index contributed by atoms with van der Waals surface area (Å²) in [5, 5.41) is 4.17. The van der Waals surface area contributed by atoms with Crippen molar-refractivity contribution < 1.29 is 18.7 Å². The largest absolute Gasteiger partial charge is 0.515 e. The van der Waals surface area contributed by atoms with Gasteiger partial charge in [-0.25, -0.2) is 23.8 Å². The number of fused-ring (bicyclic) bond motifs is 5. The maximum Gasteiger partial charge on any atom is 0.515 e. The molecule has 0 saturated carbocycles. The number of hydrogen-bond acceptors (Lipinski definition) is 6. The normalized spacial score (nSPS) is 12.6. The van der Waals surface area contributed by atoms with Crippen LogP contribution in [0, 0.1) is 5.82 Å². The summed E-state index contributed by atoms with van der Waals surface area (Å²) in [6.07, 6.45) is 2.06. The molecular weight excluding hydrogens is 341 g/mol. The van der Waals surface area contributed by atoms with Crippen LogP contribution in [0.2, 0.25) is 0 Å². The van der Waals surface area contributed by atoms with Crippen molar-refractivity contribution in [3.05, 3.63) is 42.4 Å². The van der Waals surface area contributed by atoms with Crippen molar-refractivity contribution in [2.24, 2.45) is 0 Å². The smallest absolute Gasteiger partial charge is 0.428 e. The van der Waals surface area contributed by atoms with Crippen LogP contribution in [0.1, 0.15) is 26.5 Å². The molecule has 3 aromatic rings. The first kappa shape index (κ1) is 16.2. The summed E-state index contributed by atoms with van der Waals surface area (Å²) in [4.78, 5) is 20.4. The fourth-order valence-corrected chi connectivity index (χ4v) is 2.77. The Balaban J connectivity index is 1.79. The van der Waals surface area contributed by atoms with E-state index in [1.54, 1.807) is 36.1 Å². The third kappa shape index (κ3) is 2.81. The quantitative estimate of drug-likeness (QED) is 0.487. The molecule has 0 amide bonds. The first-order valence-corrected chi connectivity index (χ1v) is 7.97. The van der Waals surface area contributed by atoms with Gasteiger partial charge in [0.2, 0.25) is 5.88 Å². The number of nitrogens with zero attached hydrogens (tertiary/aromatic N) is 5. The summed E-state index contributed by atoms with van der Waals surface area (Å²) < 4.78 is 27.6. The van der Waals surface area contributed by atoms with E-state index >= 15 is 0 Å². The number of benzene rings is 1. The Kier molecular flexibility index (Phi) is 3.53. The van der Waals surface area contributed by atoms with E-state index < -0.39 is 11.8 Å². The van der Waals surface area contributed by atoms with Gasteiger partial charge in [0.15, 0.2) is 5.82 Å². The molecule has 0 spiro atoms. The Morgan fingerprint density at radius 2 is 2.08 bits per heavy atom. The van der Waals surface area contributed by atoms with E-state index in [0.29, 0.717) is 22.8 Å². The molecule has 0 saturated heterocycles. The van der Waals surface area contributed by atoms with Gasteiger partial charge in [-0.3, -0.25) is 4.57 Å². The summed E-state index contributed by atoms with van der Waals surface area (Å²) in [6.45, 7) is 5.49. The van der Waals surface area contributed by atoms with E-state index in [1.807, 2.05) is 0 Å². The van der Waals surface area contributed by atoms with Crippen molar-refractivity contribution in [2.45, 2.75) is 32.9 Å². The van der Waals surface area contributed by atoms with Crippen LogP contribution >= 0.6 is 0 Å². The van der Waals surface area contributed by atoms with E-state index in [9.17, 15) is 9.18 Å². The van der Waals surface area contributed by atoms with Gasteiger partial charge >= 0.3 is 6.16 Å². The Bertz CT molecular complexity index is 1000. The Morgan fingerprint density at radius 3 is 2.85 bits per heavy atom. The molecule has 134 valence electrons. The Hall–Kier alpha value is -3.23. The molecular formula is C17H16FN5O3. The van der Waals surface area contributed by atoms with Crippen LogP contribution < -0.4 is 4.74 Å². The Morgan fingerprint density at radius 1 is 1.27 bits per heavy atom. The number of carbonyl (C=O) groups is 1. The van der Waals surface area contributed by atoms with Crippen molar-refractivity contribution in [3.63, 3.8) is 0 Å². The predicted molar refractivity (Wildman–Crippen MR) is 88.5 cm³/mol. The van der Waals surface area contributed by atoms with E-state index in [2.05, 4.69) is 15.1 Å². The summed E-state index contributed by atoms with van der Waals surface area (Å²) >= 11 is 0. The standard InChI is InChI=1S/C17H16FN5O3/c1-17(2,3)26-16(24)25-15-13-7-23-14(19-8-21-23)11-6-10(18)4-5-12(11)22(13)9-20-15/h4-6,8-9H,7H2,1-3H3. The minimum atomic E-state index is -0.846. The highest BCUT2D eigenvalue weighted by molar-refractivity contribution is 5.70. The van der Waals surface area contributed by atoms with Crippen molar-refractivity contribution in [1.82, 2.24) is 24.3 Å². The summed E-state index contributed by atoms with van der Waals surface area (Å²) in [7, 11) is 0. The van der Waals surface area contributed by atoms with Gasteiger partial charge in [0.1, 0.15) is 29.8 Å². The van der Waals surface area contributed by atoms with Gasteiger partial charge < -0.3 is 9.47 Å². The molecule has 26 heavy (non-hydrogen) atoms. The molecule has 0 atom stereocenters. The zero-order chi connectivity index (χ0) is 18.5. The third-order valence-corrected chi connectivity index (χ3v) is 3.77. The molecule has 0 unspecified atom stereocenters. The van der Waals surface area contributed by atoms with Crippen LogP contribution in [0.4, 0.5) is 9.18 Å². The third-order valence-electron chi connectivity index (χ3n) is 3.77. The summed E-state index contributed by atoms with van der Waals surface area (Å²) in [5.74, 6) is 0.247. The van der Waals surface area contributed by atoms with Crippen LogP contribution in [-0.2, 0) is 11.3 Å². The van der Waals surface area contributed by atoms with Gasteiger partial charge in [0.25, 0.3) is 0 Å². The van der Waals surface area contributed by atoms with Gasteiger partial charge in [-0.05, 0) is 39.0 Å². The minimum Gasteiger partial charge on any atom is -0.428 e. The van der Waals surface area contributed by atoms with Crippen LogP contribution in [0.3, 0.4) is 0 Å². The number of hydrogen-bond donors (Lipinski definition) is 0. The number of carbonyl (C=O) groups excluding carboxylic acids is 1. The number of halogens is 1. The lowest BCUT2D eigenvalue weighted by Crippen LogP contribution is -2.26. The molecule has 0 bridgehead atoms. The van der Waals surface area contributed by atoms with Crippen LogP contribution in [0.5, 0.6) is 5.88 Å². The molecule has 9 heteroatoms. The zero-order valence-electron chi connectivity index (χ0n) is 14.4. The van der Waals surface area contributed by atoms with Crippen molar-refractivity contribution in [1.29, 1.82) is 0 Å². The highest BCUT2D eigenvalue weighted by Crippen LogP contribution is 2.33. The number of ether oxygens (including phenoxy) is 2. The molecule has 0 aliphatic carbocycles. The lowest BCUT2D eigenvalue weighted by Gasteiger charge is -2.18. The first-order valence-electron chi connectivity index (χ1n) is 7.97. The molecule has 1 aliphatic heterocycles. The fourth-order valence-electron chi connectivity index (χ4n) is 2.77. The number of aromatic nitrogens is 5. The minimum absolute atomic E-state index is 0.109. The van der Waals surface area contributed by atoms with Crippen molar-refractivity contribution in [3.8, 4) is 23.0 Å². The van der Waals surface area contributed by atoms with Gasteiger partial charge in [-0.15, -0.1) is 0 Å². The first-order chi connectivity index (χ1) is 12.3. The second-order valence-electron chi connectivity index (χ2n) is 6.84. The molecule has 0 N–H and O–H groups in total. The second kappa shape index (κ2) is 5.65. The molecule has 3 heterocycles. The monoisotopic (exact) mass is 357 g/mol. The van der Waals surface area contributed by atoms with Gasteiger partial charge in [0.05, 0.1) is 12.2 Å². The van der Waals surface area contributed by atoms with E-state index in [4.69, 9.17) is 9.47 Å². The summed E-state index contributed by atoms with van der Waals surface area (Å²) in [6, 6.07) is 4.36. The van der Waals surface area contributed by atoms with Crippen LogP contribution in [0.25, 0.3) is 17.1 Å². The lowest BCUT2D eigenvalue weighted by molar-refractivity contribution is 0.0195. The van der Waals surface area contributed by atoms with Crippen LogP contribution in [-0.4, -0.2) is 36.1 Å². The molecule has 1 aliphatic rings. The molecule has 2 aromatic heterocycles. The predicted octanol–water partition coefficient (Wildman–Crippen LogP) is 2.95. The molecule has 0 fully saturated rings. The van der Waals surface area contributed by atoms with E-state index in [0.717, 1.165) is 0 Å². The summed E-state index contributed by atoms with van der Waals surface area (Å²) in [5.41, 5.74) is 1.13. The maximum atomic E-state index is 13.8. The number of rotatable bonds is 1. The maximum absolute atomic E-state index is 13.8. The highest BCUT2D eigenvalue weighted by atomic mass is 19.1. The number of imidazole rings is 1. The average Bonchev–Trinajstić information content (AvgIpc) is 3.11. The van der Waals surface area contributed by atoms with Crippen LogP contribution in [0.15, 0.2) is 30.9 Å². The lowest BCUT2D eigenvalue weighted by atomic mass is 10.1. The highest BCUT2D eigenvalue weighted by Gasteiger charge is 2.27. The van der Waals surface area contributed by atoms with Crippen molar-refractivity contribution in [2.75, 3.05) is 0 Å². The second-order valence-corrected chi connectivity index (χ2v) is 6.84. The molecule has 8 nitrogen and oxygen atoms in total. The SMILES string of the molecule is CC(C)(C)OC(=O)Oc1ncn2c1Cn1ncnc1-c1cc(F)ccc1-2. The van der Waals surface area contributed by atoms with Gasteiger partial charge in [-0.2, -0.15) is 5.10 Å².